The summed E-state index contributed by atoms with van der Waals surface area (Å²) in [6.45, 7) is 6.09. The molecule has 0 bridgehead atoms. The number of nitriles is 1. The van der Waals surface area contributed by atoms with Crippen LogP contribution in [0, 0.1) is 18.3 Å². The van der Waals surface area contributed by atoms with E-state index >= 15 is 0 Å². The van der Waals surface area contributed by atoms with E-state index in [1.165, 1.54) is 0 Å². The third kappa shape index (κ3) is 6.58. The van der Waals surface area contributed by atoms with Gasteiger partial charge in [0, 0.05) is 16.3 Å². The van der Waals surface area contributed by atoms with Gasteiger partial charge in [0.05, 0.1) is 4.47 Å². The lowest BCUT2D eigenvalue weighted by atomic mass is 10.0. The highest BCUT2D eigenvalue weighted by Crippen LogP contribution is 2.33. The highest BCUT2D eigenvalue weighted by Gasteiger charge is 2.14. The molecular weight excluding hydrogens is 500 g/mol. The van der Waals surface area contributed by atoms with Gasteiger partial charge in [-0.1, -0.05) is 53.6 Å². The second-order valence-corrected chi connectivity index (χ2v) is 8.62. The molecule has 0 aliphatic rings. The predicted molar refractivity (Wildman–Crippen MR) is 137 cm³/mol. The van der Waals surface area contributed by atoms with Gasteiger partial charge in [-0.3, -0.25) is 4.79 Å². The standard InChI is InChI=1S/C27H22BrClN2O2/c1-3-6-20-13-19(14-22(16-30)27(32)31-23-11-9-18(2)10-12-23)15-24(28)26(20)33-17-21-7-4-5-8-25(21)29/h3-5,7-15H,1,6,17H2,2H3,(H,31,32)/b22-14-. The zero-order valence-electron chi connectivity index (χ0n) is 18.1. The van der Waals surface area contributed by atoms with Crippen molar-refractivity contribution in [3.63, 3.8) is 0 Å². The van der Waals surface area contributed by atoms with Gasteiger partial charge in [-0.15, -0.1) is 6.58 Å². The van der Waals surface area contributed by atoms with Gasteiger partial charge >= 0.3 is 0 Å². The Kier molecular flexibility index (Phi) is 8.48. The van der Waals surface area contributed by atoms with Crippen molar-refractivity contribution in [3.8, 4) is 11.8 Å². The third-order valence-electron chi connectivity index (χ3n) is 4.82. The first kappa shape index (κ1) is 24.3. The van der Waals surface area contributed by atoms with E-state index in [-0.39, 0.29) is 5.57 Å². The Morgan fingerprint density at radius 3 is 2.58 bits per heavy atom. The Balaban J connectivity index is 1.86. The number of halogens is 2. The number of rotatable bonds is 8. The van der Waals surface area contributed by atoms with Crippen LogP contribution in [0.15, 0.2) is 83.4 Å². The number of aryl methyl sites for hydroxylation is 1. The zero-order valence-corrected chi connectivity index (χ0v) is 20.4. The summed E-state index contributed by atoms with van der Waals surface area (Å²) < 4.78 is 6.77. The van der Waals surface area contributed by atoms with Crippen molar-refractivity contribution < 1.29 is 9.53 Å². The topological polar surface area (TPSA) is 62.1 Å². The van der Waals surface area contributed by atoms with Gasteiger partial charge < -0.3 is 10.1 Å². The van der Waals surface area contributed by atoms with E-state index in [0.29, 0.717) is 39.5 Å². The molecule has 33 heavy (non-hydrogen) atoms. The number of carbonyl (C=O) groups is 1. The fourth-order valence-corrected chi connectivity index (χ4v) is 3.97. The second-order valence-electron chi connectivity index (χ2n) is 7.35. The summed E-state index contributed by atoms with van der Waals surface area (Å²) in [5.74, 6) is 0.191. The molecule has 0 radical (unpaired) electrons. The van der Waals surface area contributed by atoms with Crippen LogP contribution in [0.1, 0.15) is 22.3 Å². The van der Waals surface area contributed by atoms with Crippen LogP contribution in [-0.4, -0.2) is 5.91 Å². The van der Waals surface area contributed by atoms with E-state index in [2.05, 4.69) is 27.8 Å². The Labute approximate surface area is 207 Å². The lowest BCUT2D eigenvalue weighted by Gasteiger charge is -2.15. The number of anilines is 1. The molecule has 166 valence electrons. The summed E-state index contributed by atoms with van der Waals surface area (Å²) in [5, 5.41) is 13.0. The van der Waals surface area contributed by atoms with Crippen molar-refractivity contribution >= 4 is 45.2 Å². The minimum absolute atomic E-state index is 0.00300. The molecule has 0 saturated heterocycles. The van der Waals surface area contributed by atoms with Crippen LogP contribution in [-0.2, 0) is 17.8 Å². The van der Waals surface area contributed by atoms with Crippen LogP contribution < -0.4 is 10.1 Å². The van der Waals surface area contributed by atoms with Gasteiger partial charge in [0.15, 0.2) is 0 Å². The molecule has 0 aliphatic heterocycles. The summed E-state index contributed by atoms with van der Waals surface area (Å²) >= 11 is 9.81. The number of hydrogen-bond acceptors (Lipinski definition) is 3. The van der Waals surface area contributed by atoms with Gasteiger partial charge in [-0.2, -0.15) is 5.26 Å². The minimum Gasteiger partial charge on any atom is -0.487 e. The average Bonchev–Trinajstić information content (AvgIpc) is 2.79. The summed E-state index contributed by atoms with van der Waals surface area (Å²) in [7, 11) is 0. The number of nitrogens with zero attached hydrogens (tertiary/aromatic N) is 1. The summed E-state index contributed by atoms with van der Waals surface area (Å²) in [6, 6.07) is 20.6. The predicted octanol–water partition coefficient (Wildman–Crippen LogP) is 7.26. The van der Waals surface area contributed by atoms with Gasteiger partial charge in [-0.05, 0) is 76.8 Å². The summed E-state index contributed by atoms with van der Waals surface area (Å²) in [6.07, 6.45) is 3.88. The summed E-state index contributed by atoms with van der Waals surface area (Å²) in [5.41, 5.74) is 4.15. The van der Waals surface area contributed by atoms with Crippen LogP contribution in [0.5, 0.6) is 5.75 Å². The first-order valence-corrected chi connectivity index (χ1v) is 11.4. The van der Waals surface area contributed by atoms with Crippen LogP contribution >= 0.6 is 27.5 Å². The molecule has 1 N–H and O–H groups in total. The lowest BCUT2D eigenvalue weighted by molar-refractivity contribution is -0.112. The van der Waals surface area contributed by atoms with Crippen LogP contribution in [0.2, 0.25) is 5.02 Å². The first-order valence-electron chi connectivity index (χ1n) is 10.2. The molecule has 1 amide bonds. The molecular formula is C27H22BrClN2O2. The minimum atomic E-state index is -0.471. The second kappa shape index (κ2) is 11.5. The molecule has 3 aromatic rings. The van der Waals surface area contributed by atoms with Crippen molar-refractivity contribution in [1.82, 2.24) is 0 Å². The van der Waals surface area contributed by atoms with Gasteiger partial charge in [0.2, 0.25) is 0 Å². The fraction of sp³-hybridized carbons (Fsp3) is 0.111. The molecule has 0 unspecified atom stereocenters. The highest BCUT2D eigenvalue weighted by atomic mass is 79.9. The Morgan fingerprint density at radius 2 is 1.91 bits per heavy atom. The number of benzene rings is 3. The average molecular weight is 522 g/mol. The van der Waals surface area contributed by atoms with Gasteiger partial charge in [-0.25, -0.2) is 0 Å². The maximum Gasteiger partial charge on any atom is 0.266 e. The van der Waals surface area contributed by atoms with Crippen molar-refractivity contribution in [1.29, 1.82) is 5.26 Å². The Morgan fingerprint density at radius 1 is 1.18 bits per heavy atom. The van der Waals surface area contributed by atoms with E-state index < -0.39 is 5.91 Å². The molecule has 0 aromatic heterocycles. The van der Waals surface area contributed by atoms with Crippen molar-refractivity contribution in [2.75, 3.05) is 5.32 Å². The van der Waals surface area contributed by atoms with Crippen LogP contribution in [0.4, 0.5) is 5.69 Å². The molecule has 0 saturated carbocycles. The number of ether oxygens (including phenoxy) is 1. The fourth-order valence-electron chi connectivity index (χ4n) is 3.14. The first-order chi connectivity index (χ1) is 15.9. The van der Waals surface area contributed by atoms with Crippen LogP contribution in [0.3, 0.4) is 0 Å². The van der Waals surface area contributed by atoms with E-state index in [9.17, 15) is 10.1 Å². The molecule has 3 rings (SSSR count). The highest BCUT2D eigenvalue weighted by molar-refractivity contribution is 9.10. The number of nitrogens with one attached hydrogen (secondary N) is 1. The molecule has 4 nitrogen and oxygen atoms in total. The quantitative estimate of drug-likeness (QED) is 0.193. The lowest BCUT2D eigenvalue weighted by Crippen LogP contribution is -2.13. The maximum absolute atomic E-state index is 12.6. The molecule has 0 fully saturated rings. The zero-order chi connectivity index (χ0) is 23.8. The van der Waals surface area contributed by atoms with Crippen molar-refractivity contribution in [2.45, 2.75) is 20.0 Å². The number of carbonyl (C=O) groups excluding carboxylic acids is 1. The molecule has 6 heteroatoms. The number of allylic oxidation sites excluding steroid dienone is 1. The normalized spacial score (nSPS) is 10.9. The van der Waals surface area contributed by atoms with Crippen LogP contribution in [0.25, 0.3) is 6.08 Å². The maximum atomic E-state index is 12.6. The molecule has 3 aromatic carbocycles. The SMILES string of the molecule is C=CCc1cc(/C=C(/C#N)C(=O)Nc2ccc(C)cc2)cc(Br)c1OCc1ccccc1Cl. The van der Waals surface area contributed by atoms with Crippen molar-refractivity contribution in [3.05, 3.63) is 111 Å². The van der Waals surface area contributed by atoms with Gasteiger partial charge in [0.1, 0.15) is 24.0 Å². The molecule has 0 atom stereocenters. The Hall–Kier alpha value is -3.33. The van der Waals surface area contributed by atoms with Gasteiger partial charge in [0.25, 0.3) is 5.91 Å². The summed E-state index contributed by atoms with van der Waals surface area (Å²) in [4.78, 5) is 12.6. The monoisotopic (exact) mass is 520 g/mol. The number of amides is 1. The van der Waals surface area contributed by atoms with E-state index in [0.717, 1.165) is 16.7 Å². The third-order valence-corrected chi connectivity index (χ3v) is 5.78. The van der Waals surface area contributed by atoms with E-state index in [4.69, 9.17) is 16.3 Å². The van der Waals surface area contributed by atoms with E-state index in [1.807, 2.05) is 61.5 Å². The Bertz CT molecular complexity index is 1240. The molecule has 0 aliphatic carbocycles. The smallest absolute Gasteiger partial charge is 0.266 e. The molecule has 0 spiro atoms. The number of hydrogen-bond donors (Lipinski definition) is 1. The largest absolute Gasteiger partial charge is 0.487 e. The molecule has 0 heterocycles. The van der Waals surface area contributed by atoms with E-state index in [1.54, 1.807) is 24.3 Å². The van der Waals surface area contributed by atoms with Crippen molar-refractivity contribution in [2.24, 2.45) is 0 Å².